The number of halogens is 1. The zero-order valence-electron chi connectivity index (χ0n) is 19.6. The number of carbonyl (C=O) groups excluding carboxylic acids is 3. The van der Waals surface area contributed by atoms with Crippen LogP contribution < -0.4 is 10.2 Å². The van der Waals surface area contributed by atoms with Gasteiger partial charge in [-0.25, -0.2) is 0 Å². The van der Waals surface area contributed by atoms with E-state index in [4.69, 9.17) is 11.6 Å². The first-order chi connectivity index (χ1) is 16.2. The second-order valence-corrected chi connectivity index (χ2v) is 10.2. The quantitative estimate of drug-likeness (QED) is 0.502. The van der Waals surface area contributed by atoms with Crippen LogP contribution in [0.5, 0.6) is 0 Å². The predicted molar refractivity (Wildman–Crippen MR) is 134 cm³/mol. The molecule has 1 unspecified atom stereocenters. The van der Waals surface area contributed by atoms with Crippen LogP contribution in [-0.4, -0.2) is 33.9 Å². The number of hydrogen-bond donors (Lipinski definition) is 1. The smallest absolute Gasteiger partial charge is 0.276 e. The normalized spacial score (nSPS) is 20.9. The summed E-state index contributed by atoms with van der Waals surface area (Å²) in [5.41, 5.74) is 0.674. The average molecular weight is 478 g/mol. The molecule has 2 heterocycles. The van der Waals surface area contributed by atoms with Crippen LogP contribution >= 0.6 is 11.6 Å². The molecule has 34 heavy (non-hydrogen) atoms. The first-order valence-corrected chi connectivity index (χ1v) is 12.2. The Balaban J connectivity index is 1.68. The second-order valence-electron chi connectivity index (χ2n) is 9.79. The molecule has 2 amide bonds. The van der Waals surface area contributed by atoms with Gasteiger partial charge in [0.1, 0.15) is 5.69 Å². The number of amides is 2. The summed E-state index contributed by atoms with van der Waals surface area (Å²) in [5, 5.41) is 4.25. The molecule has 1 aliphatic heterocycles. The summed E-state index contributed by atoms with van der Waals surface area (Å²) in [4.78, 5) is 43.1. The monoisotopic (exact) mass is 477 g/mol. The van der Waals surface area contributed by atoms with Gasteiger partial charge in [-0.1, -0.05) is 50.4 Å². The van der Waals surface area contributed by atoms with E-state index in [9.17, 15) is 14.4 Å². The van der Waals surface area contributed by atoms with Gasteiger partial charge >= 0.3 is 0 Å². The molecule has 1 atom stereocenters. The van der Waals surface area contributed by atoms with E-state index >= 15 is 0 Å². The van der Waals surface area contributed by atoms with Crippen molar-refractivity contribution in [1.82, 2.24) is 9.88 Å². The fourth-order valence-electron chi connectivity index (χ4n) is 5.17. The van der Waals surface area contributed by atoms with Gasteiger partial charge in [0.25, 0.3) is 17.7 Å². The number of anilines is 1. The third-order valence-electron chi connectivity index (χ3n) is 7.20. The SMILES string of the molecule is CC(C)c1ccc(N2C(=O)c3cc4cc(Cl)ccc4n3C(=O)C2(C)C(=O)NC2CCCC2)cc1. The van der Waals surface area contributed by atoms with Crippen molar-refractivity contribution in [3.8, 4) is 0 Å². The van der Waals surface area contributed by atoms with Crippen LogP contribution in [-0.2, 0) is 4.79 Å². The number of carbonyl (C=O) groups is 3. The lowest BCUT2D eigenvalue weighted by Crippen LogP contribution is -2.69. The minimum atomic E-state index is -1.74. The van der Waals surface area contributed by atoms with Crippen molar-refractivity contribution in [2.45, 2.75) is 64.0 Å². The largest absolute Gasteiger partial charge is 0.351 e. The Labute approximate surface area is 203 Å². The highest BCUT2D eigenvalue weighted by molar-refractivity contribution is 6.32. The fraction of sp³-hybridized carbons (Fsp3) is 0.370. The van der Waals surface area contributed by atoms with Gasteiger partial charge in [-0.05, 0) is 67.6 Å². The molecule has 6 nitrogen and oxygen atoms in total. The highest BCUT2D eigenvalue weighted by atomic mass is 35.5. The molecule has 2 aromatic carbocycles. The van der Waals surface area contributed by atoms with Crippen LogP contribution in [0.2, 0.25) is 5.02 Å². The molecule has 1 aromatic heterocycles. The van der Waals surface area contributed by atoms with Gasteiger partial charge in [0.05, 0.1) is 5.52 Å². The topological polar surface area (TPSA) is 71.4 Å². The maximum atomic E-state index is 14.1. The van der Waals surface area contributed by atoms with Gasteiger partial charge in [0.2, 0.25) is 5.54 Å². The highest BCUT2D eigenvalue weighted by Gasteiger charge is 2.55. The number of hydrogen-bond acceptors (Lipinski definition) is 3. The summed E-state index contributed by atoms with van der Waals surface area (Å²) < 4.78 is 1.38. The summed E-state index contributed by atoms with van der Waals surface area (Å²) in [6, 6.07) is 14.3. The van der Waals surface area contributed by atoms with Crippen LogP contribution in [0.4, 0.5) is 5.69 Å². The average Bonchev–Trinajstić information content (AvgIpc) is 3.45. The maximum Gasteiger partial charge on any atom is 0.276 e. The molecule has 1 saturated carbocycles. The van der Waals surface area contributed by atoms with E-state index in [2.05, 4.69) is 19.2 Å². The molecule has 3 aromatic rings. The molecule has 7 heteroatoms. The van der Waals surface area contributed by atoms with Crippen molar-refractivity contribution in [2.75, 3.05) is 4.90 Å². The molecule has 5 rings (SSSR count). The Morgan fingerprint density at radius 2 is 1.74 bits per heavy atom. The third-order valence-corrected chi connectivity index (χ3v) is 7.44. The lowest BCUT2D eigenvalue weighted by molar-refractivity contribution is -0.125. The zero-order valence-corrected chi connectivity index (χ0v) is 20.4. The molecule has 1 aliphatic carbocycles. The van der Waals surface area contributed by atoms with E-state index in [1.54, 1.807) is 31.2 Å². The summed E-state index contributed by atoms with van der Waals surface area (Å²) in [6.07, 6.45) is 3.84. The minimum absolute atomic E-state index is 0.0130. The molecule has 0 bridgehead atoms. The van der Waals surface area contributed by atoms with Gasteiger partial charge in [-0.15, -0.1) is 0 Å². The Hall–Kier alpha value is -3.12. The third kappa shape index (κ3) is 3.43. The van der Waals surface area contributed by atoms with Crippen LogP contribution in [0.1, 0.15) is 73.2 Å². The Morgan fingerprint density at radius 1 is 1.06 bits per heavy atom. The molecule has 1 N–H and O–H groups in total. The molecule has 1 fully saturated rings. The number of benzene rings is 2. The maximum absolute atomic E-state index is 14.1. The van der Waals surface area contributed by atoms with Gasteiger partial charge in [0.15, 0.2) is 0 Å². The first-order valence-electron chi connectivity index (χ1n) is 11.8. The van der Waals surface area contributed by atoms with E-state index in [1.807, 2.05) is 24.3 Å². The van der Waals surface area contributed by atoms with Gasteiger partial charge in [0, 0.05) is 22.1 Å². The molecule has 176 valence electrons. The van der Waals surface area contributed by atoms with Crippen molar-refractivity contribution in [3.63, 3.8) is 0 Å². The van der Waals surface area contributed by atoms with Crippen LogP contribution in [0.3, 0.4) is 0 Å². The molecule has 0 radical (unpaired) electrons. The Bertz CT molecular complexity index is 1300. The van der Waals surface area contributed by atoms with E-state index < -0.39 is 23.3 Å². The highest BCUT2D eigenvalue weighted by Crippen LogP contribution is 2.37. The van der Waals surface area contributed by atoms with Crippen molar-refractivity contribution in [2.24, 2.45) is 0 Å². The minimum Gasteiger partial charge on any atom is -0.351 e. The number of nitrogens with one attached hydrogen (secondary N) is 1. The molecule has 0 saturated heterocycles. The Kier molecular flexibility index (Phi) is 5.52. The predicted octanol–water partition coefficient (Wildman–Crippen LogP) is 5.54. The molecular formula is C27H28ClN3O3. The van der Waals surface area contributed by atoms with Crippen molar-refractivity contribution in [1.29, 1.82) is 0 Å². The van der Waals surface area contributed by atoms with E-state index in [0.717, 1.165) is 31.2 Å². The summed E-state index contributed by atoms with van der Waals surface area (Å²) in [6.45, 7) is 5.74. The van der Waals surface area contributed by atoms with Crippen LogP contribution in [0, 0.1) is 0 Å². The van der Waals surface area contributed by atoms with Gasteiger partial charge in [-0.2, -0.15) is 0 Å². The lowest BCUT2D eigenvalue weighted by Gasteiger charge is -2.42. The number of nitrogens with zero attached hydrogens (tertiary/aromatic N) is 2. The van der Waals surface area contributed by atoms with Crippen LogP contribution in [0.15, 0.2) is 48.5 Å². The van der Waals surface area contributed by atoms with Crippen molar-refractivity contribution in [3.05, 3.63) is 64.8 Å². The molecule has 0 spiro atoms. The van der Waals surface area contributed by atoms with E-state index in [1.165, 1.54) is 9.47 Å². The van der Waals surface area contributed by atoms with Gasteiger partial charge in [-0.3, -0.25) is 23.9 Å². The van der Waals surface area contributed by atoms with Gasteiger partial charge < -0.3 is 5.32 Å². The molecular weight excluding hydrogens is 450 g/mol. The Morgan fingerprint density at radius 3 is 2.38 bits per heavy atom. The van der Waals surface area contributed by atoms with E-state index in [0.29, 0.717) is 27.5 Å². The summed E-state index contributed by atoms with van der Waals surface area (Å²) in [5.74, 6) is -0.986. The summed E-state index contributed by atoms with van der Waals surface area (Å²) in [7, 11) is 0. The standard InChI is InChI=1S/C27H28ClN3O3/c1-16(2)17-8-11-21(12-9-17)31-24(32)23-15-18-14-19(28)10-13-22(18)30(23)26(34)27(31,3)25(33)29-20-6-4-5-7-20/h8-16,20H,4-7H2,1-3H3,(H,29,33). The van der Waals surface area contributed by atoms with Crippen molar-refractivity contribution < 1.29 is 14.4 Å². The van der Waals surface area contributed by atoms with Crippen molar-refractivity contribution >= 4 is 45.9 Å². The van der Waals surface area contributed by atoms with Crippen LogP contribution in [0.25, 0.3) is 10.9 Å². The first kappa shape index (κ1) is 22.7. The second kappa shape index (κ2) is 8.27. The zero-order chi connectivity index (χ0) is 24.2. The number of aromatic nitrogens is 1. The molecule has 2 aliphatic rings. The summed E-state index contributed by atoms with van der Waals surface area (Å²) >= 11 is 6.17. The number of fused-ring (bicyclic) bond motifs is 3. The lowest BCUT2D eigenvalue weighted by atomic mass is 9.91. The van der Waals surface area contributed by atoms with E-state index in [-0.39, 0.29) is 11.7 Å². The number of rotatable bonds is 4. The fourth-order valence-corrected chi connectivity index (χ4v) is 5.35.